The Kier molecular flexibility index (Phi) is 11.2. The predicted molar refractivity (Wildman–Crippen MR) is 112 cm³/mol. The third-order valence-corrected chi connectivity index (χ3v) is 4.20. The average Bonchev–Trinajstić information content (AvgIpc) is 2.60. The maximum atomic E-state index is 14.3. The highest BCUT2D eigenvalue weighted by molar-refractivity contribution is 5.50. The average molecular weight is 341 g/mol. The molecule has 0 aliphatic rings. The van der Waals surface area contributed by atoms with E-state index in [4.69, 9.17) is 0 Å². The van der Waals surface area contributed by atoms with Gasteiger partial charge in [-0.15, -0.1) is 6.58 Å². The molecule has 0 saturated carbocycles. The van der Waals surface area contributed by atoms with E-state index >= 15 is 0 Å². The zero-order valence-electron chi connectivity index (χ0n) is 16.0. The molecule has 25 heavy (non-hydrogen) atoms. The summed E-state index contributed by atoms with van der Waals surface area (Å²) in [4.78, 5) is 0. The van der Waals surface area contributed by atoms with Crippen LogP contribution in [0.3, 0.4) is 0 Å². The van der Waals surface area contributed by atoms with Gasteiger partial charge in [-0.05, 0) is 48.0 Å². The molecule has 1 atom stereocenters. The summed E-state index contributed by atoms with van der Waals surface area (Å²) in [5.41, 5.74) is 3.19. The van der Waals surface area contributed by atoms with E-state index in [0.717, 1.165) is 18.4 Å². The molecule has 0 aliphatic carbocycles. The Labute approximate surface area is 154 Å². The monoisotopic (exact) mass is 340 g/mol. The fourth-order valence-corrected chi connectivity index (χ4v) is 2.10. The van der Waals surface area contributed by atoms with Crippen LogP contribution in [0.25, 0.3) is 0 Å². The highest BCUT2D eigenvalue weighted by Crippen LogP contribution is 2.24. The molecule has 0 N–H and O–H groups in total. The molecule has 0 aromatic rings. The lowest BCUT2D eigenvalue weighted by atomic mass is 9.95. The Morgan fingerprint density at radius 3 is 2.24 bits per heavy atom. The molecule has 0 amide bonds. The Balaban J connectivity index is 4.77. The molecule has 0 aromatic heterocycles. The van der Waals surface area contributed by atoms with Gasteiger partial charge in [0.25, 0.3) is 0 Å². The minimum absolute atomic E-state index is 0.303. The first kappa shape index (κ1) is 22.9. The molecule has 0 nitrogen and oxygen atoms in total. The Morgan fingerprint density at radius 1 is 1.04 bits per heavy atom. The maximum Gasteiger partial charge on any atom is 0.130 e. The van der Waals surface area contributed by atoms with Gasteiger partial charge in [0, 0.05) is 5.57 Å². The summed E-state index contributed by atoms with van der Waals surface area (Å²) < 4.78 is 14.3. The third kappa shape index (κ3) is 9.05. The number of halogens is 1. The maximum absolute atomic E-state index is 14.3. The summed E-state index contributed by atoms with van der Waals surface area (Å²) >= 11 is 0. The van der Waals surface area contributed by atoms with Gasteiger partial charge in [-0.3, -0.25) is 0 Å². The molecule has 0 heterocycles. The van der Waals surface area contributed by atoms with Crippen molar-refractivity contribution in [3.05, 3.63) is 97.5 Å². The fourth-order valence-electron chi connectivity index (χ4n) is 2.10. The predicted octanol–water partition coefficient (Wildman–Crippen LogP) is 7.97. The zero-order valence-corrected chi connectivity index (χ0v) is 16.0. The Hall–Kier alpha value is -2.15. The first-order valence-electron chi connectivity index (χ1n) is 8.85. The first-order chi connectivity index (χ1) is 11.7. The van der Waals surface area contributed by atoms with E-state index in [1.807, 2.05) is 12.2 Å². The molecule has 136 valence electrons. The molecule has 0 bridgehead atoms. The summed E-state index contributed by atoms with van der Waals surface area (Å²) in [5.74, 6) is 0.00116. The molecule has 0 aromatic carbocycles. The summed E-state index contributed by atoms with van der Waals surface area (Å²) in [5, 5.41) is 0. The largest absolute Gasteiger partial charge is 0.206 e. The minimum Gasteiger partial charge on any atom is -0.206 e. The number of rotatable bonds is 13. The van der Waals surface area contributed by atoms with Crippen LogP contribution in [-0.2, 0) is 0 Å². The summed E-state index contributed by atoms with van der Waals surface area (Å²) in [6, 6.07) is 0. The normalized spacial score (nSPS) is 12.7. The van der Waals surface area contributed by atoms with Crippen LogP contribution in [0.1, 0.15) is 46.0 Å². The van der Waals surface area contributed by atoms with Crippen molar-refractivity contribution in [1.82, 2.24) is 0 Å². The van der Waals surface area contributed by atoms with Crippen molar-refractivity contribution >= 4 is 0 Å². The SMILES string of the molecule is C=CCCC(=C)C(=C)/C(F)=C\C(=C)C(=C)/C=C\C(=C)C(C)CCCC. The van der Waals surface area contributed by atoms with Crippen LogP contribution < -0.4 is 0 Å². The van der Waals surface area contributed by atoms with Crippen molar-refractivity contribution in [2.24, 2.45) is 5.92 Å². The third-order valence-electron chi connectivity index (χ3n) is 4.20. The van der Waals surface area contributed by atoms with Crippen LogP contribution in [0.15, 0.2) is 97.5 Å². The second kappa shape index (κ2) is 12.2. The van der Waals surface area contributed by atoms with Crippen molar-refractivity contribution < 1.29 is 4.39 Å². The molecule has 1 heteroatoms. The van der Waals surface area contributed by atoms with Crippen LogP contribution in [0.2, 0.25) is 0 Å². The second-order valence-corrected chi connectivity index (χ2v) is 6.40. The molecule has 0 saturated heterocycles. The van der Waals surface area contributed by atoms with Crippen molar-refractivity contribution in [2.45, 2.75) is 46.0 Å². The van der Waals surface area contributed by atoms with Crippen molar-refractivity contribution in [1.29, 1.82) is 0 Å². The lowest BCUT2D eigenvalue weighted by Gasteiger charge is -2.11. The van der Waals surface area contributed by atoms with Crippen molar-refractivity contribution in [3.8, 4) is 0 Å². The Bertz CT molecular complexity index is 596. The van der Waals surface area contributed by atoms with Crippen LogP contribution in [0.5, 0.6) is 0 Å². The van der Waals surface area contributed by atoms with Crippen LogP contribution in [0.4, 0.5) is 4.39 Å². The van der Waals surface area contributed by atoms with Crippen molar-refractivity contribution in [2.75, 3.05) is 0 Å². The number of allylic oxidation sites excluding steroid dienone is 10. The second-order valence-electron chi connectivity index (χ2n) is 6.40. The molecule has 0 fully saturated rings. The quantitative estimate of drug-likeness (QED) is 0.235. The fraction of sp³-hybridized carbons (Fsp3) is 0.333. The molecular formula is C24H33F. The van der Waals surface area contributed by atoms with Crippen LogP contribution in [-0.4, -0.2) is 0 Å². The Morgan fingerprint density at radius 2 is 1.68 bits per heavy atom. The van der Waals surface area contributed by atoms with Crippen LogP contribution >= 0.6 is 0 Å². The van der Waals surface area contributed by atoms with Gasteiger partial charge in [0.15, 0.2) is 0 Å². The van der Waals surface area contributed by atoms with Gasteiger partial charge < -0.3 is 0 Å². The number of hydrogen-bond donors (Lipinski definition) is 0. The van der Waals surface area contributed by atoms with Gasteiger partial charge in [-0.25, -0.2) is 4.39 Å². The van der Waals surface area contributed by atoms with Gasteiger partial charge in [0.2, 0.25) is 0 Å². The summed E-state index contributed by atoms with van der Waals surface area (Å²) in [6.45, 7) is 27.6. The van der Waals surface area contributed by atoms with Gasteiger partial charge in [-0.2, -0.15) is 0 Å². The van der Waals surface area contributed by atoms with Crippen LogP contribution in [0, 0.1) is 5.92 Å². The standard InChI is InChI=1S/C24H33F/c1-9-11-13-18(3)19(4)15-16-20(5)22(7)17-24(25)23(8)21(6)14-12-10-2/h10,15-18H,2,4-9,11-14H2,1,3H3/b16-15-,24-17+. The highest BCUT2D eigenvalue weighted by Gasteiger charge is 2.07. The smallest absolute Gasteiger partial charge is 0.130 e. The number of unbranched alkanes of at least 4 members (excludes halogenated alkanes) is 1. The topological polar surface area (TPSA) is 0 Å². The zero-order chi connectivity index (χ0) is 19.4. The van der Waals surface area contributed by atoms with Gasteiger partial charge in [-0.1, -0.05) is 83.4 Å². The van der Waals surface area contributed by atoms with E-state index in [1.54, 1.807) is 6.08 Å². The minimum atomic E-state index is -0.427. The van der Waals surface area contributed by atoms with Crippen molar-refractivity contribution in [3.63, 3.8) is 0 Å². The summed E-state index contributed by atoms with van der Waals surface area (Å²) in [7, 11) is 0. The van der Waals surface area contributed by atoms with Gasteiger partial charge in [0.05, 0.1) is 0 Å². The van der Waals surface area contributed by atoms with E-state index in [-0.39, 0.29) is 0 Å². The lowest BCUT2D eigenvalue weighted by molar-refractivity contribution is 0.582. The van der Waals surface area contributed by atoms with E-state index in [9.17, 15) is 4.39 Å². The molecular weight excluding hydrogens is 307 g/mol. The van der Waals surface area contributed by atoms with E-state index < -0.39 is 5.83 Å². The van der Waals surface area contributed by atoms with E-state index in [2.05, 4.69) is 53.3 Å². The molecule has 1 unspecified atom stereocenters. The van der Waals surface area contributed by atoms with Gasteiger partial charge >= 0.3 is 0 Å². The molecule has 0 radical (unpaired) electrons. The molecule has 0 aliphatic heterocycles. The highest BCUT2D eigenvalue weighted by atomic mass is 19.1. The first-order valence-corrected chi connectivity index (χ1v) is 8.85. The summed E-state index contributed by atoms with van der Waals surface area (Å²) in [6.07, 6.45) is 11.8. The van der Waals surface area contributed by atoms with E-state index in [0.29, 0.717) is 34.6 Å². The molecule has 0 rings (SSSR count). The number of hydrogen-bond acceptors (Lipinski definition) is 0. The lowest BCUT2D eigenvalue weighted by Crippen LogP contribution is -1.96. The molecule has 0 spiro atoms. The van der Waals surface area contributed by atoms with Gasteiger partial charge in [0.1, 0.15) is 5.83 Å². The van der Waals surface area contributed by atoms with E-state index in [1.165, 1.54) is 18.9 Å².